The van der Waals surface area contributed by atoms with Crippen LogP contribution >= 0.6 is 45.2 Å². The van der Waals surface area contributed by atoms with Crippen molar-refractivity contribution in [3.63, 3.8) is 0 Å². The van der Waals surface area contributed by atoms with Crippen molar-refractivity contribution >= 4 is 57.1 Å². The van der Waals surface area contributed by atoms with Gasteiger partial charge in [0, 0.05) is 3.57 Å². The van der Waals surface area contributed by atoms with Crippen molar-refractivity contribution in [1.82, 2.24) is 5.32 Å². The monoisotopic (exact) mass is 515 g/mol. The first-order chi connectivity index (χ1) is 9.85. The standard InChI is InChI=1S/C14H15I2NO4/c15-8-6-9(11(18)10(16)7-8)12(19)17-14(13(20)21)4-2-1-3-5-14/h6-7,18H,1-5H2,(H,17,19)(H,20,21). The highest BCUT2D eigenvalue weighted by Gasteiger charge is 2.41. The Hall–Kier alpha value is -0.580. The highest BCUT2D eigenvalue weighted by molar-refractivity contribution is 14.1. The summed E-state index contributed by atoms with van der Waals surface area (Å²) in [6.07, 6.45) is 3.40. The predicted molar refractivity (Wildman–Crippen MR) is 94.5 cm³/mol. The second-order valence-electron chi connectivity index (χ2n) is 5.19. The van der Waals surface area contributed by atoms with Gasteiger partial charge in [0.2, 0.25) is 0 Å². The van der Waals surface area contributed by atoms with E-state index in [1.807, 2.05) is 22.6 Å². The van der Waals surface area contributed by atoms with E-state index in [1.54, 1.807) is 12.1 Å². The number of aliphatic carboxylic acids is 1. The average molecular weight is 515 g/mol. The van der Waals surface area contributed by atoms with Crippen LogP contribution in [-0.2, 0) is 4.79 Å². The van der Waals surface area contributed by atoms with Crippen LogP contribution in [0.2, 0.25) is 0 Å². The number of carbonyl (C=O) groups is 2. The lowest BCUT2D eigenvalue weighted by Gasteiger charge is -2.34. The molecule has 0 heterocycles. The number of nitrogens with one attached hydrogen (secondary N) is 1. The SMILES string of the molecule is O=C(NC1(C(=O)O)CCCCC1)c1cc(I)cc(I)c1O. The van der Waals surface area contributed by atoms with Gasteiger partial charge in [-0.05, 0) is 70.2 Å². The molecule has 0 saturated heterocycles. The third-order valence-electron chi connectivity index (χ3n) is 3.74. The van der Waals surface area contributed by atoms with E-state index in [-0.39, 0.29) is 11.3 Å². The maximum absolute atomic E-state index is 12.4. The molecule has 0 aliphatic heterocycles. The second kappa shape index (κ2) is 6.67. The van der Waals surface area contributed by atoms with Crippen molar-refractivity contribution in [2.45, 2.75) is 37.6 Å². The summed E-state index contributed by atoms with van der Waals surface area (Å²) in [6, 6.07) is 3.31. The van der Waals surface area contributed by atoms with E-state index in [4.69, 9.17) is 0 Å². The van der Waals surface area contributed by atoms with Crippen LogP contribution in [0.15, 0.2) is 12.1 Å². The number of phenols is 1. The van der Waals surface area contributed by atoms with Gasteiger partial charge in [-0.25, -0.2) is 4.79 Å². The molecule has 0 radical (unpaired) electrons. The molecule has 5 nitrogen and oxygen atoms in total. The number of rotatable bonds is 3. The summed E-state index contributed by atoms with van der Waals surface area (Å²) in [4.78, 5) is 24.0. The Morgan fingerprint density at radius 1 is 1.14 bits per heavy atom. The summed E-state index contributed by atoms with van der Waals surface area (Å²) in [5.74, 6) is -1.64. The predicted octanol–water partition coefficient (Wildman–Crippen LogP) is 3.12. The van der Waals surface area contributed by atoms with Crippen LogP contribution in [0.4, 0.5) is 0 Å². The highest BCUT2D eigenvalue weighted by atomic mass is 127. The van der Waals surface area contributed by atoms with Gasteiger partial charge >= 0.3 is 5.97 Å². The van der Waals surface area contributed by atoms with Crippen LogP contribution in [0.1, 0.15) is 42.5 Å². The van der Waals surface area contributed by atoms with Crippen molar-refractivity contribution in [3.05, 3.63) is 24.8 Å². The number of phenolic OH excluding ortho intramolecular Hbond substituents is 1. The van der Waals surface area contributed by atoms with Gasteiger partial charge in [0.25, 0.3) is 5.91 Å². The van der Waals surface area contributed by atoms with Gasteiger partial charge in [0.05, 0.1) is 9.13 Å². The molecule has 0 spiro atoms. The molecular weight excluding hydrogens is 500 g/mol. The summed E-state index contributed by atoms with van der Waals surface area (Å²) in [5, 5.41) is 22.1. The number of carboxylic acids is 1. The lowest BCUT2D eigenvalue weighted by molar-refractivity contribution is -0.145. The number of carboxylic acid groups (broad SMARTS) is 1. The van der Waals surface area contributed by atoms with Crippen molar-refractivity contribution in [2.24, 2.45) is 0 Å². The zero-order valence-corrected chi connectivity index (χ0v) is 15.5. The fourth-order valence-electron chi connectivity index (χ4n) is 2.57. The van der Waals surface area contributed by atoms with E-state index in [9.17, 15) is 19.8 Å². The molecule has 2 rings (SSSR count). The summed E-state index contributed by atoms with van der Waals surface area (Å²) in [6.45, 7) is 0. The molecule has 1 aliphatic rings. The third-order valence-corrected chi connectivity index (χ3v) is 5.19. The van der Waals surface area contributed by atoms with Gasteiger partial charge in [-0.15, -0.1) is 0 Å². The number of benzene rings is 1. The van der Waals surface area contributed by atoms with Crippen LogP contribution in [-0.4, -0.2) is 27.6 Å². The zero-order chi connectivity index (χ0) is 15.6. The second-order valence-corrected chi connectivity index (χ2v) is 7.59. The first-order valence-electron chi connectivity index (χ1n) is 6.60. The van der Waals surface area contributed by atoms with E-state index in [0.717, 1.165) is 22.8 Å². The van der Waals surface area contributed by atoms with E-state index in [0.29, 0.717) is 16.4 Å². The normalized spacial score (nSPS) is 17.2. The van der Waals surface area contributed by atoms with Crippen LogP contribution in [0, 0.1) is 7.14 Å². The van der Waals surface area contributed by atoms with Gasteiger partial charge in [0.1, 0.15) is 11.3 Å². The van der Waals surface area contributed by atoms with Gasteiger partial charge in [0.15, 0.2) is 0 Å². The Balaban J connectivity index is 2.30. The number of halogens is 2. The lowest BCUT2D eigenvalue weighted by atomic mass is 9.81. The average Bonchev–Trinajstić information content (AvgIpc) is 2.43. The largest absolute Gasteiger partial charge is 0.506 e. The molecule has 1 aliphatic carbocycles. The highest BCUT2D eigenvalue weighted by Crippen LogP contribution is 2.31. The van der Waals surface area contributed by atoms with Crippen LogP contribution in [0.3, 0.4) is 0 Å². The number of carbonyl (C=O) groups excluding carboxylic acids is 1. The Morgan fingerprint density at radius 2 is 1.76 bits per heavy atom. The van der Waals surface area contributed by atoms with Crippen molar-refractivity contribution < 1.29 is 19.8 Å². The number of aromatic hydroxyl groups is 1. The summed E-state index contributed by atoms with van der Waals surface area (Å²) in [7, 11) is 0. The molecule has 1 fully saturated rings. The quantitative estimate of drug-likeness (QED) is 0.541. The first-order valence-corrected chi connectivity index (χ1v) is 8.75. The molecular formula is C14H15I2NO4. The van der Waals surface area contributed by atoms with E-state index >= 15 is 0 Å². The number of hydrogen-bond donors (Lipinski definition) is 3. The fourth-order valence-corrected chi connectivity index (χ4v) is 4.42. The topological polar surface area (TPSA) is 86.6 Å². The molecule has 0 unspecified atom stereocenters. The summed E-state index contributed by atoms with van der Waals surface area (Å²) < 4.78 is 1.38. The summed E-state index contributed by atoms with van der Waals surface area (Å²) in [5.41, 5.74) is -1.09. The molecule has 3 N–H and O–H groups in total. The lowest BCUT2D eigenvalue weighted by Crippen LogP contribution is -2.55. The molecule has 1 aromatic carbocycles. The molecule has 1 saturated carbocycles. The molecule has 1 amide bonds. The van der Waals surface area contributed by atoms with Gasteiger partial charge < -0.3 is 15.5 Å². The van der Waals surface area contributed by atoms with Gasteiger partial charge in [-0.3, -0.25) is 4.79 Å². The van der Waals surface area contributed by atoms with E-state index < -0.39 is 17.4 Å². The van der Waals surface area contributed by atoms with Crippen molar-refractivity contribution in [3.8, 4) is 5.75 Å². The molecule has 0 atom stereocenters. The zero-order valence-electron chi connectivity index (χ0n) is 11.2. The smallest absolute Gasteiger partial charge is 0.329 e. The Kier molecular flexibility index (Phi) is 5.33. The number of hydrogen-bond acceptors (Lipinski definition) is 3. The molecule has 114 valence electrons. The van der Waals surface area contributed by atoms with E-state index in [1.165, 1.54) is 0 Å². The minimum atomic E-state index is -1.21. The van der Waals surface area contributed by atoms with E-state index in [2.05, 4.69) is 27.9 Å². The van der Waals surface area contributed by atoms with Crippen LogP contribution < -0.4 is 5.32 Å². The maximum Gasteiger partial charge on any atom is 0.329 e. The third kappa shape index (κ3) is 3.61. The molecule has 21 heavy (non-hydrogen) atoms. The van der Waals surface area contributed by atoms with Crippen molar-refractivity contribution in [2.75, 3.05) is 0 Å². The minimum absolute atomic E-state index is 0.107. The molecule has 7 heteroatoms. The Bertz CT molecular complexity index is 583. The molecule has 1 aromatic rings. The minimum Gasteiger partial charge on any atom is -0.506 e. The Morgan fingerprint density at radius 3 is 2.33 bits per heavy atom. The first kappa shape index (κ1) is 16.8. The van der Waals surface area contributed by atoms with Gasteiger partial charge in [-0.1, -0.05) is 19.3 Å². The summed E-state index contributed by atoms with van der Waals surface area (Å²) >= 11 is 4.00. The van der Waals surface area contributed by atoms with Crippen LogP contribution in [0.5, 0.6) is 5.75 Å². The fraction of sp³-hybridized carbons (Fsp3) is 0.429. The van der Waals surface area contributed by atoms with Crippen molar-refractivity contribution in [1.29, 1.82) is 0 Å². The Labute approximate surface area is 149 Å². The van der Waals surface area contributed by atoms with Crippen LogP contribution in [0.25, 0.3) is 0 Å². The molecule has 0 bridgehead atoms. The van der Waals surface area contributed by atoms with Gasteiger partial charge in [-0.2, -0.15) is 0 Å². The molecule has 0 aromatic heterocycles. The number of amides is 1. The maximum atomic E-state index is 12.4.